The van der Waals surface area contributed by atoms with Crippen LogP contribution >= 0.6 is 0 Å². The van der Waals surface area contributed by atoms with Crippen LogP contribution in [0.5, 0.6) is 11.5 Å². The van der Waals surface area contributed by atoms with Gasteiger partial charge in [0.25, 0.3) is 5.91 Å². The maximum atomic E-state index is 13.0. The molecule has 4 rings (SSSR count). The Morgan fingerprint density at radius 3 is 2.71 bits per heavy atom. The highest BCUT2D eigenvalue weighted by Gasteiger charge is 2.27. The predicted octanol–water partition coefficient (Wildman–Crippen LogP) is 2.74. The van der Waals surface area contributed by atoms with E-state index in [-0.39, 0.29) is 11.9 Å². The molecule has 7 nitrogen and oxygen atoms in total. The molecule has 1 atom stereocenters. The van der Waals surface area contributed by atoms with E-state index >= 15 is 0 Å². The minimum Gasteiger partial charge on any atom is -0.486 e. The fraction of sp³-hybridized carbons (Fsp3) is 0.429. The highest BCUT2D eigenvalue weighted by atomic mass is 16.6. The number of piperidine rings is 1. The predicted molar refractivity (Wildman–Crippen MR) is 104 cm³/mol. The van der Waals surface area contributed by atoms with Crippen LogP contribution < -0.4 is 20.4 Å². The quantitative estimate of drug-likeness (QED) is 0.876. The van der Waals surface area contributed by atoms with Gasteiger partial charge in [-0.3, -0.25) is 4.79 Å². The van der Waals surface area contributed by atoms with Gasteiger partial charge in [0.15, 0.2) is 11.5 Å². The third-order valence-electron chi connectivity index (χ3n) is 5.17. The molecule has 1 unspecified atom stereocenters. The normalized spacial score (nSPS) is 18.6. The van der Waals surface area contributed by atoms with Crippen LogP contribution in [0.2, 0.25) is 0 Å². The Labute approximate surface area is 163 Å². The largest absolute Gasteiger partial charge is 0.486 e. The monoisotopic (exact) mass is 384 g/mol. The molecule has 0 bridgehead atoms. The topological polar surface area (TPSA) is 81.0 Å². The molecule has 2 aliphatic rings. The summed E-state index contributed by atoms with van der Waals surface area (Å²) in [7, 11) is 0. The number of likely N-dealkylation sites (tertiary alicyclic amines) is 1. The van der Waals surface area contributed by atoms with E-state index < -0.39 is 5.63 Å². The van der Waals surface area contributed by atoms with Crippen LogP contribution in [-0.4, -0.2) is 43.2 Å². The zero-order chi connectivity index (χ0) is 19.7. The summed E-state index contributed by atoms with van der Waals surface area (Å²) in [4.78, 5) is 26.4. The van der Waals surface area contributed by atoms with Gasteiger partial charge in [-0.1, -0.05) is 0 Å². The summed E-state index contributed by atoms with van der Waals surface area (Å²) in [6, 6.07) is 7.32. The number of anilines is 1. The van der Waals surface area contributed by atoms with E-state index in [1.165, 1.54) is 6.07 Å². The number of nitrogens with one attached hydrogen (secondary N) is 1. The van der Waals surface area contributed by atoms with Crippen LogP contribution in [0.1, 0.15) is 34.5 Å². The summed E-state index contributed by atoms with van der Waals surface area (Å²) >= 11 is 0. The molecular weight excluding hydrogens is 360 g/mol. The number of carbonyl (C=O) groups excluding carboxylic acids is 1. The van der Waals surface area contributed by atoms with Crippen molar-refractivity contribution in [1.82, 2.24) is 4.90 Å². The molecule has 1 aromatic carbocycles. The van der Waals surface area contributed by atoms with Crippen molar-refractivity contribution in [2.24, 2.45) is 0 Å². The molecule has 2 aromatic rings. The molecule has 1 aromatic heterocycles. The van der Waals surface area contributed by atoms with Gasteiger partial charge in [0, 0.05) is 37.0 Å². The number of hydrogen-bond donors (Lipinski definition) is 1. The van der Waals surface area contributed by atoms with Gasteiger partial charge < -0.3 is 24.1 Å². The number of rotatable bonds is 3. The number of aryl methyl sites for hydroxylation is 2. The summed E-state index contributed by atoms with van der Waals surface area (Å²) < 4.78 is 16.3. The molecule has 0 spiro atoms. The molecule has 3 heterocycles. The van der Waals surface area contributed by atoms with Gasteiger partial charge in [-0.15, -0.1) is 0 Å². The van der Waals surface area contributed by atoms with Crippen LogP contribution in [0, 0.1) is 13.8 Å². The summed E-state index contributed by atoms with van der Waals surface area (Å²) in [5.41, 5.74) is 1.66. The Morgan fingerprint density at radius 2 is 1.93 bits per heavy atom. The molecule has 1 N–H and O–H groups in total. The van der Waals surface area contributed by atoms with Crippen LogP contribution in [0.25, 0.3) is 0 Å². The zero-order valence-electron chi connectivity index (χ0n) is 16.1. The molecule has 0 saturated carbocycles. The Morgan fingerprint density at radius 1 is 1.14 bits per heavy atom. The lowest BCUT2D eigenvalue weighted by atomic mass is 10.0. The molecule has 7 heteroatoms. The number of amides is 1. The molecule has 1 fully saturated rings. The van der Waals surface area contributed by atoms with Crippen LogP contribution in [0.3, 0.4) is 0 Å². The summed E-state index contributed by atoms with van der Waals surface area (Å²) in [5, 5.41) is 3.50. The smallest absolute Gasteiger partial charge is 0.336 e. The van der Waals surface area contributed by atoms with Gasteiger partial charge in [-0.05, 0) is 44.4 Å². The molecule has 28 heavy (non-hydrogen) atoms. The van der Waals surface area contributed by atoms with Gasteiger partial charge in [0.2, 0.25) is 0 Å². The molecule has 2 aliphatic heterocycles. The molecular formula is C21H24N2O5. The first kappa shape index (κ1) is 18.4. The Bertz CT molecular complexity index is 926. The maximum absolute atomic E-state index is 13.0. The summed E-state index contributed by atoms with van der Waals surface area (Å²) in [6.07, 6.45) is 1.88. The number of hydrogen-bond acceptors (Lipinski definition) is 6. The first-order valence-corrected chi connectivity index (χ1v) is 9.58. The number of fused-ring (bicyclic) bond motifs is 1. The lowest BCUT2D eigenvalue weighted by molar-refractivity contribution is 0.0710. The second kappa shape index (κ2) is 7.58. The van der Waals surface area contributed by atoms with Crippen molar-refractivity contribution in [3.05, 3.63) is 51.6 Å². The van der Waals surface area contributed by atoms with E-state index in [0.717, 1.165) is 30.0 Å². The molecule has 0 aliphatic carbocycles. The fourth-order valence-corrected chi connectivity index (χ4v) is 3.88. The van der Waals surface area contributed by atoms with Crippen LogP contribution in [-0.2, 0) is 0 Å². The minimum absolute atomic E-state index is 0.0903. The van der Waals surface area contributed by atoms with Gasteiger partial charge in [-0.2, -0.15) is 0 Å². The summed E-state index contributed by atoms with van der Waals surface area (Å²) in [5.74, 6) is 1.78. The van der Waals surface area contributed by atoms with Gasteiger partial charge in [0.1, 0.15) is 19.0 Å². The third kappa shape index (κ3) is 3.69. The van der Waals surface area contributed by atoms with E-state index in [2.05, 4.69) is 5.32 Å². The fourth-order valence-electron chi connectivity index (χ4n) is 3.88. The highest BCUT2D eigenvalue weighted by molar-refractivity contribution is 5.96. The van der Waals surface area contributed by atoms with E-state index in [9.17, 15) is 9.59 Å². The highest BCUT2D eigenvalue weighted by Crippen LogP contribution is 2.33. The number of ether oxygens (including phenoxy) is 2. The minimum atomic E-state index is -0.427. The Hall–Kier alpha value is -2.96. The third-order valence-corrected chi connectivity index (χ3v) is 5.17. The lowest BCUT2D eigenvalue weighted by Crippen LogP contribution is -2.45. The Kier molecular flexibility index (Phi) is 4.98. The zero-order valence-corrected chi connectivity index (χ0v) is 16.1. The van der Waals surface area contributed by atoms with E-state index in [1.807, 2.05) is 23.1 Å². The number of nitrogens with zero attached hydrogens (tertiary/aromatic N) is 1. The van der Waals surface area contributed by atoms with Gasteiger partial charge in [-0.25, -0.2) is 4.79 Å². The van der Waals surface area contributed by atoms with Crippen molar-refractivity contribution < 1.29 is 18.7 Å². The molecule has 148 valence electrons. The van der Waals surface area contributed by atoms with E-state index in [4.69, 9.17) is 13.9 Å². The van der Waals surface area contributed by atoms with E-state index in [0.29, 0.717) is 43.2 Å². The average molecular weight is 384 g/mol. The van der Waals surface area contributed by atoms with Crippen molar-refractivity contribution >= 4 is 11.6 Å². The second-order valence-electron chi connectivity index (χ2n) is 7.27. The summed E-state index contributed by atoms with van der Waals surface area (Å²) in [6.45, 7) is 5.83. The van der Waals surface area contributed by atoms with Gasteiger partial charge in [0.05, 0.1) is 5.56 Å². The second-order valence-corrected chi connectivity index (χ2v) is 7.27. The number of benzene rings is 1. The van der Waals surface area contributed by atoms with Crippen molar-refractivity contribution in [2.45, 2.75) is 32.7 Å². The molecule has 0 radical (unpaired) electrons. The maximum Gasteiger partial charge on any atom is 0.336 e. The van der Waals surface area contributed by atoms with E-state index in [1.54, 1.807) is 13.8 Å². The van der Waals surface area contributed by atoms with Crippen LogP contribution in [0.15, 0.2) is 33.5 Å². The Balaban J connectivity index is 1.47. The van der Waals surface area contributed by atoms with Crippen molar-refractivity contribution in [3.63, 3.8) is 0 Å². The van der Waals surface area contributed by atoms with Crippen molar-refractivity contribution in [1.29, 1.82) is 0 Å². The van der Waals surface area contributed by atoms with Crippen molar-refractivity contribution in [2.75, 3.05) is 31.6 Å². The van der Waals surface area contributed by atoms with Gasteiger partial charge >= 0.3 is 5.63 Å². The van der Waals surface area contributed by atoms with Crippen molar-refractivity contribution in [3.8, 4) is 11.5 Å². The molecule has 1 amide bonds. The lowest BCUT2D eigenvalue weighted by Gasteiger charge is -2.34. The average Bonchev–Trinajstić information content (AvgIpc) is 2.67. The van der Waals surface area contributed by atoms with Crippen LogP contribution in [0.4, 0.5) is 5.69 Å². The first-order valence-electron chi connectivity index (χ1n) is 9.58. The molecule has 1 saturated heterocycles. The number of carbonyl (C=O) groups is 1. The SMILES string of the molecule is Cc1cc(=O)oc(C)c1C(=O)N1CCCC(Nc2ccc3c(c2)OCCO3)C1. The standard InChI is InChI=1S/C21H24N2O5/c1-13-10-19(24)28-14(2)20(13)21(25)23-7-3-4-16(12-23)22-15-5-6-17-18(11-15)27-9-8-26-17/h5-6,10-11,16,22H,3-4,7-9,12H2,1-2H3. The first-order chi connectivity index (χ1) is 13.5.